The van der Waals surface area contributed by atoms with Gasteiger partial charge < -0.3 is 14.9 Å². The fourth-order valence-electron chi connectivity index (χ4n) is 3.14. The molecule has 3 rings (SSSR count). The smallest absolute Gasteiger partial charge is 0.0889 e. The van der Waals surface area contributed by atoms with Crippen molar-refractivity contribution in [3.8, 4) is 0 Å². The number of ether oxygens (including phenoxy) is 1. The predicted octanol–water partition coefficient (Wildman–Crippen LogP) is 1.40. The number of fused-ring (bicyclic) bond motifs is 3. The molecule has 0 saturated carbocycles. The van der Waals surface area contributed by atoms with E-state index in [-0.39, 0.29) is 12.2 Å². The summed E-state index contributed by atoms with van der Waals surface area (Å²) in [4.78, 5) is 0. The van der Waals surface area contributed by atoms with Crippen molar-refractivity contribution < 1.29 is 14.9 Å². The number of allylic oxidation sites excluding steroid dienone is 2. The summed E-state index contributed by atoms with van der Waals surface area (Å²) < 4.78 is 5.75. The van der Waals surface area contributed by atoms with Crippen LogP contribution in [0.25, 0.3) is 0 Å². The Morgan fingerprint density at radius 2 is 2.20 bits per heavy atom. The van der Waals surface area contributed by atoms with Crippen LogP contribution in [0.4, 0.5) is 0 Å². The van der Waals surface area contributed by atoms with E-state index >= 15 is 0 Å². The summed E-state index contributed by atoms with van der Waals surface area (Å²) in [6.45, 7) is 0.729. The van der Waals surface area contributed by atoms with Gasteiger partial charge in [-0.3, -0.25) is 0 Å². The van der Waals surface area contributed by atoms with Crippen LogP contribution in [-0.2, 0) is 4.74 Å². The molecular formula is C12H16O3. The van der Waals surface area contributed by atoms with Gasteiger partial charge in [0, 0.05) is 6.42 Å². The van der Waals surface area contributed by atoms with Crippen LogP contribution in [0.3, 0.4) is 0 Å². The van der Waals surface area contributed by atoms with Gasteiger partial charge in [-0.1, -0.05) is 12.2 Å². The Morgan fingerprint density at radius 1 is 1.33 bits per heavy atom. The number of aliphatic hydroxyl groups is 2. The lowest BCUT2D eigenvalue weighted by atomic mass is 9.74. The minimum atomic E-state index is -0.343. The summed E-state index contributed by atoms with van der Waals surface area (Å²) in [6.07, 6.45) is 7.05. The van der Waals surface area contributed by atoms with Gasteiger partial charge in [-0.25, -0.2) is 0 Å². The van der Waals surface area contributed by atoms with Gasteiger partial charge in [0.05, 0.1) is 24.6 Å². The van der Waals surface area contributed by atoms with Crippen LogP contribution in [0, 0.1) is 17.8 Å². The molecule has 3 nitrogen and oxygen atoms in total. The van der Waals surface area contributed by atoms with Gasteiger partial charge in [-0.2, -0.15) is 0 Å². The third-order valence-corrected chi connectivity index (χ3v) is 3.86. The molecule has 0 aromatic heterocycles. The molecule has 2 N–H and O–H groups in total. The van der Waals surface area contributed by atoms with Gasteiger partial charge in [0.15, 0.2) is 0 Å². The van der Waals surface area contributed by atoms with E-state index in [4.69, 9.17) is 4.74 Å². The van der Waals surface area contributed by atoms with Gasteiger partial charge in [0.25, 0.3) is 0 Å². The lowest BCUT2D eigenvalue weighted by molar-refractivity contribution is -0.0672. The molecule has 0 spiro atoms. The van der Waals surface area contributed by atoms with Crippen molar-refractivity contribution in [2.45, 2.75) is 25.0 Å². The zero-order valence-electron chi connectivity index (χ0n) is 8.54. The molecule has 1 saturated heterocycles. The van der Waals surface area contributed by atoms with Crippen molar-refractivity contribution in [1.29, 1.82) is 0 Å². The van der Waals surface area contributed by atoms with E-state index in [0.717, 1.165) is 19.4 Å². The topological polar surface area (TPSA) is 49.7 Å². The first-order valence-corrected chi connectivity index (χ1v) is 5.61. The average molecular weight is 208 g/mol. The quantitative estimate of drug-likeness (QED) is 0.592. The molecule has 15 heavy (non-hydrogen) atoms. The number of hydrogen-bond acceptors (Lipinski definition) is 3. The summed E-state index contributed by atoms with van der Waals surface area (Å²) in [7, 11) is 0. The van der Waals surface area contributed by atoms with Crippen LogP contribution in [0.15, 0.2) is 24.0 Å². The third-order valence-electron chi connectivity index (χ3n) is 3.86. The normalized spacial score (nSPS) is 48.3. The van der Waals surface area contributed by atoms with E-state index in [2.05, 4.69) is 0 Å². The van der Waals surface area contributed by atoms with Gasteiger partial charge in [0.2, 0.25) is 0 Å². The zero-order chi connectivity index (χ0) is 10.4. The van der Waals surface area contributed by atoms with Crippen LogP contribution in [0.1, 0.15) is 12.8 Å². The molecule has 0 aromatic rings. The number of hydrogen-bond donors (Lipinski definition) is 2. The third kappa shape index (κ3) is 1.50. The molecule has 3 aliphatic rings. The van der Waals surface area contributed by atoms with Crippen LogP contribution in [-0.4, -0.2) is 29.0 Å². The van der Waals surface area contributed by atoms with Crippen molar-refractivity contribution in [3.63, 3.8) is 0 Å². The van der Waals surface area contributed by atoms with Crippen molar-refractivity contribution in [3.05, 3.63) is 24.0 Å². The number of aliphatic hydroxyl groups excluding tert-OH is 2. The van der Waals surface area contributed by atoms with Crippen molar-refractivity contribution >= 4 is 0 Å². The minimum Gasteiger partial charge on any atom is -0.513 e. The van der Waals surface area contributed by atoms with Crippen LogP contribution < -0.4 is 0 Å². The lowest BCUT2D eigenvalue weighted by Crippen LogP contribution is -2.42. The van der Waals surface area contributed by atoms with Crippen molar-refractivity contribution in [2.24, 2.45) is 17.8 Å². The minimum absolute atomic E-state index is 0.136. The highest BCUT2D eigenvalue weighted by molar-refractivity contribution is 5.16. The van der Waals surface area contributed by atoms with Gasteiger partial charge in [0.1, 0.15) is 0 Å². The van der Waals surface area contributed by atoms with E-state index in [1.54, 1.807) is 0 Å². The zero-order valence-corrected chi connectivity index (χ0v) is 8.54. The maximum Gasteiger partial charge on any atom is 0.0889 e. The lowest BCUT2D eigenvalue weighted by Gasteiger charge is -2.41. The van der Waals surface area contributed by atoms with Gasteiger partial charge in [-0.05, 0) is 30.3 Å². The Balaban J connectivity index is 1.86. The predicted molar refractivity (Wildman–Crippen MR) is 55.3 cm³/mol. The standard InChI is InChI=1S/C12H16O3/c13-8-1-2-12-11(4-8)10-5-9(14)3-7(10)6-15-12/h1-2,5,7-8,10-14H,3-4,6H2. The Hall–Kier alpha value is -0.800. The maximum absolute atomic E-state index is 9.61. The second-order valence-corrected chi connectivity index (χ2v) is 4.85. The highest BCUT2D eigenvalue weighted by atomic mass is 16.5. The SMILES string of the molecule is OC1=CC2C(COC3C=CC(O)CC32)C1. The molecule has 5 unspecified atom stereocenters. The van der Waals surface area contributed by atoms with Gasteiger partial charge in [-0.15, -0.1) is 0 Å². The molecule has 1 aliphatic heterocycles. The molecule has 1 heterocycles. The first-order chi connectivity index (χ1) is 7.24. The summed E-state index contributed by atoms with van der Waals surface area (Å²) in [5, 5.41) is 19.1. The largest absolute Gasteiger partial charge is 0.513 e. The average Bonchev–Trinajstić information content (AvgIpc) is 2.58. The molecular weight excluding hydrogens is 192 g/mol. The van der Waals surface area contributed by atoms with Gasteiger partial charge >= 0.3 is 0 Å². The van der Waals surface area contributed by atoms with Crippen molar-refractivity contribution in [1.82, 2.24) is 0 Å². The molecule has 1 fully saturated rings. The highest BCUT2D eigenvalue weighted by Gasteiger charge is 2.43. The van der Waals surface area contributed by atoms with E-state index < -0.39 is 0 Å². The van der Waals surface area contributed by atoms with E-state index in [1.165, 1.54) is 0 Å². The summed E-state index contributed by atoms with van der Waals surface area (Å²) in [5.41, 5.74) is 0. The first-order valence-electron chi connectivity index (χ1n) is 5.61. The Labute approximate surface area is 89.1 Å². The Kier molecular flexibility index (Phi) is 2.11. The van der Waals surface area contributed by atoms with E-state index in [9.17, 15) is 10.2 Å². The second-order valence-electron chi connectivity index (χ2n) is 4.85. The maximum atomic E-state index is 9.61. The summed E-state index contributed by atoms with van der Waals surface area (Å²) in [5.74, 6) is 1.65. The van der Waals surface area contributed by atoms with Crippen molar-refractivity contribution in [2.75, 3.05) is 6.61 Å². The fourth-order valence-corrected chi connectivity index (χ4v) is 3.14. The molecule has 0 bridgehead atoms. The molecule has 0 amide bonds. The Bertz CT molecular complexity index is 321. The molecule has 3 heteroatoms. The molecule has 0 radical (unpaired) electrons. The van der Waals surface area contributed by atoms with E-state index in [1.807, 2.05) is 18.2 Å². The summed E-state index contributed by atoms with van der Waals surface area (Å²) in [6, 6.07) is 0. The molecule has 2 aliphatic carbocycles. The molecule has 5 atom stereocenters. The van der Waals surface area contributed by atoms with Crippen LogP contribution in [0.2, 0.25) is 0 Å². The van der Waals surface area contributed by atoms with Crippen LogP contribution >= 0.6 is 0 Å². The molecule has 0 aromatic carbocycles. The van der Waals surface area contributed by atoms with Crippen LogP contribution in [0.5, 0.6) is 0 Å². The molecule has 82 valence electrons. The Morgan fingerprint density at radius 3 is 3.07 bits per heavy atom. The van der Waals surface area contributed by atoms with E-state index in [0.29, 0.717) is 23.5 Å². The summed E-state index contributed by atoms with van der Waals surface area (Å²) >= 11 is 0. The monoisotopic (exact) mass is 208 g/mol. The number of rotatable bonds is 0. The highest BCUT2D eigenvalue weighted by Crippen LogP contribution is 2.44. The second kappa shape index (κ2) is 3.35. The fraction of sp³-hybridized carbons (Fsp3) is 0.667. The first kappa shape index (κ1) is 9.43.